The zero-order valence-electron chi connectivity index (χ0n) is 9.51. The summed E-state index contributed by atoms with van der Waals surface area (Å²) in [6.45, 7) is 0. The van der Waals surface area contributed by atoms with Crippen molar-refractivity contribution in [2.24, 2.45) is 10.7 Å². The Labute approximate surface area is 109 Å². The highest BCUT2D eigenvalue weighted by atomic mass is 35.5. The molecule has 0 radical (unpaired) electrons. The molecule has 0 bridgehead atoms. The quantitative estimate of drug-likeness (QED) is 0.809. The Bertz CT molecular complexity index is 568. The Balaban J connectivity index is 3.22. The summed E-state index contributed by atoms with van der Waals surface area (Å²) in [6.07, 6.45) is 0. The Hall–Kier alpha value is -2.32. The van der Waals surface area contributed by atoms with Gasteiger partial charge in [-0.25, -0.2) is 4.79 Å². The van der Waals surface area contributed by atoms with E-state index in [1.165, 1.54) is 7.05 Å². The molecule has 0 spiro atoms. The Morgan fingerprint density at radius 1 is 1.44 bits per heavy atom. The zero-order chi connectivity index (χ0) is 13.7. The van der Waals surface area contributed by atoms with E-state index in [1.807, 2.05) is 6.07 Å². The second kappa shape index (κ2) is 5.84. The van der Waals surface area contributed by atoms with Crippen molar-refractivity contribution in [3.63, 3.8) is 0 Å². The molecule has 1 aromatic carbocycles. The van der Waals surface area contributed by atoms with Crippen LogP contribution in [0.15, 0.2) is 34.3 Å². The minimum Gasteiger partial charge on any atom is -0.476 e. The summed E-state index contributed by atoms with van der Waals surface area (Å²) < 4.78 is 0. The lowest BCUT2D eigenvalue weighted by Gasteiger charge is -2.06. The maximum absolute atomic E-state index is 10.9. The van der Waals surface area contributed by atoms with Crippen LogP contribution >= 0.6 is 11.6 Å². The molecular formula is C12H10ClN3O2. The van der Waals surface area contributed by atoms with Gasteiger partial charge in [0.2, 0.25) is 0 Å². The summed E-state index contributed by atoms with van der Waals surface area (Å²) >= 11 is 5.88. The largest absolute Gasteiger partial charge is 0.476 e. The molecule has 0 aliphatic carbocycles. The molecule has 0 fully saturated rings. The van der Waals surface area contributed by atoms with Gasteiger partial charge in [-0.1, -0.05) is 23.7 Å². The summed E-state index contributed by atoms with van der Waals surface area (Å²) in [7, 11) is 1.32. The number of carboxylic acid groups (broad SMARTS) is 1. The number of nitrogens with two attached hydrogens (primary N) is 1. The molecule has 0 aromatic heterocycles. The molecule has 0 saturated heterocycles. The van der Waals surface area contributed by atoms with Crippen molar-refractivity contribution in [1.82, 2.24) is 0 Å². The average Bonchev–Trinajstić information content (AvgIpc) is 2.38. The van der Waals surface area contributed by atoms with Crippen LogP contribution in [0.3, 0.4) is 0 Å². The number of halogens is 1. The normalized spacial score (nSPS) is 12.6. The molecule has 0 amide bonds. The van der Waals surface area contributed by atoms with Gasteiger partial charge in [0.1, 0.15) is 0 Å². The maximum atomic E-state index is 10.9. The third-order valence-corrected chi connectivity index (χ3v) is 2.58. The first-order valence-electron chi connectivity index (χ1n) is 4.87. The van der Waals surface area contributed by atoms with Gasteiger partial charge in [0.05, 0.1) is 22.4 Å². The van der Waals surface area contributed by atoms with Crippen molar-refractivity contribution < 1.29 is 9.90 Å². The van der Waals surface area contributed by atoms with Crippen LogP contribution in [0.5, 0.6) is 0 Å². The molecule has 0 saturated carbocycles. The molecule has 1 aromatic rings. The first-order valence-corrected chi connectivity index (χ1v) is 5.25. The van der Waals surface area contributed by atoms with Crippen molar-refractivity contribution in [2.75, 3.05) is 7.05 Å². The fourth-order valence-electron chi connectivity index (χ4n) is 1.27. The molecule has 0 atom stereocenters. The van der Waals surface area contributed by atoms with Crippen molar-refractivity contribution in [3.05, 3.63) is 40.4 Å². The number of carbonyl (C=O) groups is 1. The molecule has 0 aliphatic heterocycles. The molecule has 0 unspecified atom stereocenters. The number of nitriles is 1. The van der Waals surface area contributed by atoms with Gasteiger partial charge in [-0.15, -0.1) is 0 Å². The fourth-order valence-corrected chi connectivity index (χ4v) is 1.54. The van der Waals surface area contributed by atoms with Crippen LogP contribution in [0.25, 0.3) is 5.70 Å². The number of hydrogen-bond donors (Lipinski definition) is 2. The molecule has 0 aliphatic rings. The first kappa shape index (κ1) is 13.7. The number of benzene rings is 1. The van der Waals surface area contributed by atoms with E-state index in [0.29, 0.717) is 11.1 Å². The van der Waals surface area contributed by atoms with Crippen molar-refractivity contribution in [1.29, 1.82) is 5.26 Å². The maximum Gasteiger partial charge on any atom is 0.355 e. The fraction of sp³-hybridized carbons (Fsp3) is 0.0833. The van der Waals surface area contributed by atoms with Gasteiger partial charge in [0.15, 0.2) is 5.71 Å². The van der Waals surface area contributed by atoms with Crippen LogP contribution in [0, 0.1) is 11.3 Å². The van der Waals surface area contributed by atoms with Gasteiger partial charge in [-0.05, 0) is 17.7 Å². The highest BCUT2D eigenvalue weighted by Gasteiger charge is 2.16. The highest BCUT2D eigenvalue weighted by molar-refractivity contribution is 6.59. The first-order chi connectivity index (χ1) is 8.51. The molecule has 5 nitrogen and oxygen atoms in total. The van der Waals surface area contributed by atoms with Crippen LogP contribution in [-0.2, 0) is 4.79 Å². The van der Waals surface area contributed by atoms with Crippen molar-refractivity contribution in [2.45, 2.75) is 0 Å². The SMILES string of the molecule is CN=C(C(=O)O)C(Cl)=C(N)c1ccc(C#N)cc1. The van der Waals surface area contributed by atoms with Gasteiger partial charge in [0, 0.05) is 7.05 Å². The van der Waals surface area contributed by atoms with Gasteiger partial charge in [0.25, 0.3) is 0 Å². The Kier molecular flexibility index (Phi) is 4.46. The second-order valence-corrected chi connectivity index (χ2v) is 3.67. The number of hydrogen-bond acceptors (Lipinski definition) is 4. The van der Waals surface area contributed by atoms with Crippen molar-refractivity contribution >= 4 is 29.0 Å². The minimum atomic E-state index is -1.25. The monoisotopic (exact) mass is 263 g/mol. The number of rotatable bonds is 3. The van der Waals surface area contributed by atoms with Crippen molar-refractivity contribution in [3.8, 4) is 6.07 Å². The summed E-state index contributed by atoms with van der Waals surface area (Å²) in [5, 5.41) is 17.4. The molecule has 0 heterocycles. The van der Waals surface area contributed by atoms with Gasteiger partial charge >= 0.3 is 5.97 Å². The topological polar surface area (TPSA) is 99.5 Å². The summed E-state index contributed by atoms with van der Waals surface area (Å²) in [6, 6.07) is 8.27. The van der Waals surface area contributed by atoms with Crippen LogP contribution < -0.4 is 5.73 Å². The Morgan fingerprint density at radius 2 is 2.00 bits per heavy atom. The lowest BCUT2D eigenvalue weighted by Crippen LogP contribution is -2.16. The van der Waals surface area contributed by atoms with E-state index in [1.54, 1.807) is 24.3 Å². The van der Waals surface area contributed by atoms with E-state index in [2.05, 4.69) is 4.99 Å². The Morgan fingerprint density at radius 3 is 2.39 bits per heavy atom. The van der Waals surface area contributed by atoms with E-state index in [9.17, 15) is 4.79 Å². The predicted molar refractivity (Wildman–Crippen MR) is 69.1 cm³/mol. The van der Waals surface area contributed by atoms with Crippen LogP contribution in [-0.4, -0.2) is 23.8 Å². The summed E-state index contributed by atoms with van der Waals surface area (Å²) in [5.41, 5.74) is 6.57. The molecule has 1 rings (SSSR count). The van der Waals surface area contributed by atoms with Gasteiger partial charge < -0.3 is 10.8 Å². The molecular weight excluding hydrogens is 254 g/mol. The number of nitrogens with zero attached hydrogens (tertiary/aromatic N) is 2. The average molecular weight is 264 g/mol. The van der Waals surface area contributed by atoms with E-state index in [0.717, 1.165) is 0 Å². The van der Waals surface area contributed by atoms with E-state index in [4.69, 9.17) is 27.7 Å². The summed E-state index contributed by atoms with van der Waals surface area (Å²) in [5.74, 6) is -1.25. The number of aliphatic imine (C=N–C) groups is 1. The van der Waals surface area contributed by atoms with Crippen LogP contribution in [0.2, 0.25) is 0 Å². The van der Waals surface area contributed by atoms with E-state index in [-0.39, 0.29) is 16.4 Å². The molecule has 92 valence electrons. The van der Waals surface area contributed by atoms with E-state index >= 15 is 0 Å². The molecule has 18 heavy (non-hydrogen) atoms. The van der Waals surface area contributed by atoms with Crippen LogP contribution in [0.4, 0.5) is 0 Å². The lowest BCUT2D eigenvalue weighted by atomic mass is 10.1. The summed E-state index contributed by atoms with van der Waals surface area (Å²) in [4.78, 5) is 14.4. The van der Waals surface area contributed by atoms with Gasteiger partial charge in [-0.2, -0.15) is 5.26 Å². The third-order valence-electron chi connectivity index (χ3n) is 2.20. The number of aliphatic carboxylic acids is 1. The predicted octanol–water partition coefficient (Wildman–Crippen LogP) is 1.58. The molecule has 3 N–H and O–H groups in total. The second-order valence-electron chi connectivity index (χ2n) is 3.29. The van der Waals surface area contributed by atoms with Gasteiger partial charge in [-0.3, -0.25) is 4.99 Å². The highest BCUT2D eigenvalue weighted by Crippen LogP contribution is 2.18. The van der Waals surface area contributed by atoms with Crippen LogP contribution in [0.1, 0.15) is 11.1 Å². The smallest absolute Gasteiger partial charge is 0.355 e. The lowest BCUT2D eigenvalue weighted by molar-refractivity contribution is -0.129. The zero-order valence-corrected chi connectivity index (χ0v) is 10.3. The minimum absolute atomic E-state index is 0.101. The molecule has 6 heteroatoms. The number of carboxylic acids is 1. The standard InChI is InChI=1S/C12H10ClN3O2/c1-16-11(12(17)18)9(13)10(15)8-4-2-7(6-14)3-5-8/h2-5H,15H2,1H3,(H,17,18). The van der Waals surface area contributed by atoms with E-state index < -0.39 is 5.97 Å². The third kappa shape index (κ3) is 2.87.